The molecule has 0 atom stereocenters. The Morgan fingerprint density at radius 3 is 1.04 bits per heavy atom. The smallest absolute Gasteiger partial charge is 0.0396 e. The lowest BCUT2D eigenvalue weighted by molar-refractivity contribution is 0.660. The molecule has 0 unspecified atom stereocenters. The van der Waals surface area contributed by atoms with E-state index in [1.54, 1.807) is 0 Å². The first-order valence-electron chi connectivity index (χ1n) is 19.4. The molecule has 55 heavy (non-hydrogen) atoms. The second-order valence-corrected chi connectivity index (χ2v) is 16.3. The van der Waals surface area contributed by atoms with Gasteiger partial charge in [0.1, 0.15) is 0 Å². The van der Waals surface area contributed by atoms with Gasteiger partial charge in [-0.2, -0.15) is 0 Å². The predicted octanol–water partition coefficient (Wildman–Crippen LogP) is 14.7. The van der Waals surface area contributed by atoms with E-state index in [0.717, 1.165) is 11.4 Å². The van der Waals surface area contributed by atoms with E-state index in [4.69, 9.17) is 0 Å². The molecule has 0 saturated heterocycles. The van der Waals surface area contributed by atoms with Gasteiger partial charge in [-0.15, -0.1) is 0 Å². The minimum atomic E-state index is -0.0656. The molecule has 8 aromatic rings. The third kappa shape index (κ3) is 5.53. The van der Waals surface area contributed by atoms with E-state index in [-0.39, 0.29) is 10.8 Å². The van der Waals surface area contributed by atoms with E-state index in [2.05, 4.69) is 215 Å². The molecule has 0 amide bonds. The highest BCUT2D eigenvalue weighted by molar-refractivity contribution is 5.88. The summed E-state index contributed by atoms with van der Waals surface area (Å²) in [4.78, 5) is 0. The van der Waals surface area contributed by atoms with Crippen molar-refractivity contribution in [3.05, 3.63) is 204 Å². The molecule has 0 aromatic heterocycles. The quantitative estimate of drug-likeness (QED) is 0.182. The summed E-state index contributed by atoms with van der Waals surface area (Å²) in [7, 11) is 0. The van der Waals surface area contributed by atoms with Gasteiger partial charge in [-0.3, -0.25) is 0 Å². The molecule has 0 saturated carbocycles. The molecule has 8 aromatic carbocycles. The highest BCUT2D eigenvalue weighted by atomic mass is 14.9. The maximum atomic E-state index is 3.91. The highest BCUT2D eigenvalue weighted by Crippen LogP contribution is 2.51. The molecule has 2 aliphatic carbocycles. The number of nitrogens with one attached hydrogen (secondary N) is 1. The Balaban J connectivity index is 1.09. The Kier molecular flexibility index (Phi) is 7.58. The third-order valence-electron chi connectivity index (χ3n) is 12.2. The molecule has 0 aliphatic heterocycles. The Morgan fingerprint density at radius 2 is 0.618 bits per heavy atom. The van der Waals surface area contributed by atoms with Crippen molar-refractivity contribution in [3.8, 4) is 66.8 Å². The number of hydrogen-bond donors (Lipinski definition) is 1. The van der Waals surface area contributed by atoms with E-state index in [1.165, 1.54) is 89.0 Å². The Morgan fingerprint density at radius 1 is 0.273 bits per heavy atom. The molecule has 1 heteroatoms. The third-order valence-corrected chi connectivity index (χ3v) is 12.2. The van der Waals surface area contributed by atoms with Crippen molar-refractivity contribution in [2.24, 2.45) is 0 Å². The van der Waals surface area contributed by atoms with Crippen molar-refractivity contribution in [2.75, 3.05) is 5.32 Å². The normalized spacial score (nSPS) is 14.1. The Bertz CT molecular complexity index is 2580. The minimum Gasteiger partial charge on any atom is -0.355 e. The molecule has 0 heterocycles. The largest absolute Gasteiger partial charge is 0.355 e. The SMILES string of the molecule is CC1(C)c2ccccc2-c2ccc(-c3cc(Nc4cc(-c5ccccc5)cc(-c5ccc6c(c5)C(C)(C)c5ccccc5-6)c4)cc(-c4ccccc4)c3)cc21. The van der Waals surface area contributed by atoms with Crippen LogP contribution in [0.5, 0.6) is 0 Å². The summed E-state index contributed by atoms with van der Waals surface area (Å²) in [5.41, 5.74) is 22.5. The first-order chi connectivity index (χ1) is 26.7. The first-order valence-corrected chi connectivity index (χ1v) is 19.4. The van der Waals surface area contributed by atoms with Crippen LogP contribution in [-0.2, 0) is 10.8 Å². The van der Waals surface area contributed by atoms with Crippen LogP contribution in [0.25, 0.3) is 66.8 Å². The zero-order chi connectivity index (χ0) is 37.3. The van der Waals surface area contributed by atoms with Gasteiger partial charge in [-0.1, -0.05) is 161 Å². The molecule has 0 bridgehead atoms. The van der Waals surface area contributed by atoms with Gasteiger partial charge < -0.3 is 5.32 Å². The van der Waals surface area contributed by atoms with Crippen LogP contribution in [0.3, 0.4) is 0 Å². The van der Waals surface area contributed by atoms with Crippen molar-refractivity contribution in [2.45, 2.75) is 38.5 Å². The maximum Gasteiger partial charge on any atom is 0.0396 e. The van der Waals surface area contributed by atoms with E-state index in [1.807, 2.05) is 0 Å². The van der Waals surface area contributed by atoms with Crippen LogP contribution in [0, 0.1) is 0 Å². The highest BCUT2D eigenvalue weighted by Gasteiger charge is 2.36. The second kappa shape index (κ2) is 12.6. The van der Waals surface area contributed by atoms with Crippen LogP contribution >= 0.6 is 0 Å². The number of fused-ring (bicyclic) bond motifs is 6. The summed E-state index contributed by atoms with van der Waals surface area (Å²) in [6.45, 7) is 9.42. The number of rotatable bonds is 6. The van der Waals surface area contributed by atoms with Crippen molar-refractivity contribution in [1.82, 2.24) is 0 Å². The fourth-order valence-corrected chi connectivity index (χ4v) is 9.26. The van der Waals surface area contributed by atoms with E-state index in [0.29, 0.717) is 0 Å². The van der Waals surface area contributed by atoms with E-state index in [9.17, 15) is 0 Å². The van der Waals surface area contributed by atoms with Crippen LogP contribution in [0.4, 0.5) is 11.4 Å². The summed E-state index contributed by atoms with van der Waals surface area (Å²) in [6, 6.07) is 67.2. The molecule has 2 aliphatic rings. The minimum absolute atomic E-state index is 0.0656. The molecule has 0 radical (unpaired) electrons. The lowest BCUT2D eigenvalue weighted by atomic mass is 9.81. The van der Waals surface area contributed by atoms with Crippen molar-refractivity contribution in [3.63, 3.8) is 0 Å². The van der Waals surface area contributed by atoms with Gasteiger partial charge in [-0.25, -0.2) is 0 Å². The first kappa shape index (κ1) is 33.2. The summed E-state index contributed by atoms with van der Waals surface area (Å²) in [6.07, 6.45) is 0. The molecule has 10 rings (SSSR count). The van der Waals surface area contributed by atoms with Crippen LogP contribution < -0.4 is 5.32 Å². The van der Waals surface area contributed by atoms with E-state index < -0.39 is 0 Å². The van der Waals surface area contributed by atoms with Crippen molar-refractivity contribution >= 4 is 11.4 Å². The van der Waals surface area contributed by atoms with Crippen LogP contribution in [-0.4, -0.2) is 0 Å². The zero-order valence-corrected chi connectivity index (χ0v) is 31.8. The Labute approximate surface area is 325 Å². The van der Waals surface area contributed by atoms with Gasteiger partial charge >= 0.3 is 0 Å². The van der Waals surface area contributed by atoms with E-state index >= 15 is 0 Å². The monoisotopic (exact) mass is 705 g/mol. The summed E-state index contributed by atoms with van der Waals surface area (Å²) in [5, 5.41) is 3.91. The van der Waals surface area contributed by atoms with Gasteiger partial charge in [-0.05, 0) is 138 Å². The summed E-state index contributed by atoms with van der Waals surface area (Å²) in [5.74, 6) is 0. The lowest BCUT2D eigenvalue weighted by Gasteiger charge is -2.22. The molecule has 1 nitrogen and oxygen atoms in total. The number of benzene rings is 8. The maximum absolute atomic E-state index is 3.91. The summed E-state index contributed by atoms with van der Waals surface area (Å²) < 4.78 is 0. The van der Waals surface area contributed by atoms with Gasteiger partial charge in [0.15, 0.2) is 0 Å². The van der Waals surface area contributed by atoms with Crippen molar-refractivity contribution in [1.29, 1.82) is 0 Å². The number of hydrogen-bond acceptors (Lipinski definition) is 1. The average molecular weight is 706 g/mol. The van der Waals surface area contributed by atoms with Gasteiger partial charge in [0.25, 0.3) is 0 Å². The fourth-order valence-electron chi connectivity index (χ4n) is 9.26. The van der Waals surface area contributed by atoms with Crippen LogP contribution in [0.2, 0.25) is 0 Å². The molecule has 0 fully saturated rings. The second-order valence-electron chi connectivity index (χ2n) is 16.3. The fraction of sp³-hybridized carbons (Fsp3) is 0.111. The van der Waals surface area contributed by atoms with Gasteiger partial charge in [0, 0.05) is 22.2 Å². The lowest BCUT2D eigenvalue weighted by Crippen LogP contribution is -2.14. The molecular weight excluding hydrogens is 663 g/mol. The topological polar surface area (TPSA) is 12.0 Å². The summed E-state index contributed by atoms with van der Waals surface area (Å²) >= 11 is 0. The molecular formula is C54H43N. The zero-order valence-electron chi connectivity index (χ0n) is 31.8. The molecule has 0 spiro atoms. The standard InChI is InChI=1S/C54H43N/c1-53(2)49-21-13-11-19-45(49)47-25-23-37(33-51(47)53)41-27-39(35-15-7-5-8-16-35)29-43(31-41)55-44-30-40(36-17-9-6-10-18-36)28-42(32-44)38-24-26-48-46-20-12-14-22-50(46)54(3,4)52(48)34-38/h5-34,55H,1-4H3. The number of anilines is 2. The van der Waals surface area contributed by atoms with Crippen LogP contribution in [0.15, 0.2) is 182 Å². The Hall–Kier alpha value is -6.44. The molecule has 1 N–H and O–H groups in total. The van der Waals surface area contributed by atoms with Crippen LogP contribution in [0.1, 0.15) is 49.9 Å². The van der Waals surface area contributed by atoms with Crippen molar-refractivity contribution < 1.29 is 0 Å². The predicted molar refractivity (Wildman–Crippen MR) is 233 cm³/mol. The molecule has 264 valence electrons. The van der Waals surface area contributed by atoms with Gasteiger partial charge in [0.2, 0.25) is 0 Å². The van der Waals surface area contributed by atoms with Gasteiger partial charge in [0.05, 0.1) is 0 Å². The average Bonchev–Trinajstić information content (AvgIpc) is 3.60.